The average molecular weight is 555 g/mol. The second-order valence-corrected chi connectivity index (χ2v) is 13.7. The zero-order valence-electron chi connectivity index (χ0n) is 23.1. The predicted octanol–water partition coefficient (Wildman–Crippen LogP) is 4.60. The van der Waals surface area contributed by atoms with E-state index in [1.807, 2.05) is 11.6 Å². The van der Waals surface area contributed by atoms with Crippen LogP contribution in [0.1, 0.15) is 50.0 Å². The highest BCUT2D eigenvalue weighted by atomic mass is 32.2. The number of aryl methyl sites for hydroxylation is 1. The van der Waals surface area contributed by atoms with Crippen LogP contribution < -0.4 is 0 Å². The number of rotatable bonds is 7. The molecule has 0 aliphatic carbocycles. The van der Waals surface area contributed by atoms with Gasteiger partial charge in [-0.15, -0.1) is 0 Å². The minimum absolute atomic E-state index is 0.258. The highest BCUT2D eigenvalue weighted by Crippen LogP contribution is 2.40. The minimum Gasteiger partial charge on any atom is -0.383 e. The van der Waals surface area contributed by atoms with E-state index in [2.05, 4.69) is 20.9 Å². The Morgan fingerprint density at radius 3 is 2.28 bits per heavy atom. The Balaban J connectivity index is 1.16. The summed E-state index contributed by atoms with van der Waals surface area (Å²) in [6.45, 7) is 4.00. The number of benzene rings is 2. The number of likely N-dealkylation sites (tertiary alicyclic amines) is 1. The molecule has 0 spiro atoms. The lowest BCUT2D eigenvalue weighted by molar-refractivity contribution is 0.0321. The maximum atomic E-state index is 15.3. The van der Waals surface area contributed by atoms with Crippen molar-refractivity contribution in [3.05, 3.63) is 47.8 Å². The number of fused-ring (bicyclic) bond motifs is 3. The predicted molar refractivity (Wildman–Crippen MR) is 151 cm³/mol. The number of methoxy groups -OCH3 is 1. The molecule has 7 nitrogen and oxygen atoms in total. The van der Waals surface area contributed by atoms with Gasteiger partial charge in [-0.2, -0.15) is 0 Å². The fourth-order valence-electron chi connectivity index (χ4n) is 7.31. The van der Waals surface area contributed by atoms with Crippen LogP contribution in [0, 0.1) is 5.82 Å². The average Bonchev–Trinajstić information content (AvgIpc) is 3.38. The van der Waals surface area contributed by atoms with E-state index in [1.165, 1.54) is 31.9 Å². The molecule has 3 aromatic rings. The second-order valence-electron chi connectivity index (χ2n) is 11.7. The summed E-state index contributed by atoms with van der Waals surface area (Å²) in [6.07, 6.45) is 8.42. The largest absolute Gasteiger partial charge is 0.383 e. The molecular weight excluding hydrogens is 515 g/mol. The molecule has 39 heavy (non-hydrogen) atoms. The van der Waals surface area contributed by atoms with Gasteiger partial charge in [0.1, 0.15) is 11.3 Å². The molecule has 0 N–H and O–H groups in total. The van der Waals surface area contributed by atoms with Gasteiger partial charge in [-0.05, 0) is 99.5 Å². The number of ether oxygens (including phenoxy) is 1. The number of sulfone groups is 1. The molecule has 3 saturated heterocycles. The van der Waals surface area contributed by atoms with Gasteiger partial charge >= 0.3 is 0 Å². The molecule has 2 bridgehead atoms. The molecule has 3 aliphatic heterocycles. The SMILES string of the molecule is COCCN1C2CCC1CC(N1CCC(c3cc(F)c4nc(-c5ccc(S(C)(=O)=O)cc5)n(C)c4c3)CC1)C2. The molecule has 0 amide bonds. The van der Waals surface area contributed by atoms with Gasteiger partial charge in [0.15, 0.2) is 15.7 Å². The molecule has 4 heterocycles. The van der Waals surface area contributed by atoms with Crippen molar-refractivity contribution >= 4 is 20.9 Å². The maximum Gasteiger partial charge on any atom is 0.175 e. The molecular formula is C30H39FN4O3S. The fraction of sp³-hybridized carbons (Fsp3) is 0.567. The Bertz CT molecular complexity index is 1430. The highest BCUT2D eigenvalue weighted by Gasteiger charge is 2.42. The summed E-state index contributed by atoms with van der Waals surface area (Å²) in [4.78, 5) is 10.2. The Kier molecular flexibility index (Phi) is 7.29. The molecule has 2 unspecified atom stereocenters. The van der Waals surface area contributed by atoms with E-state index in [0.29, 0.717) is 35.4 Å². The number of hydrogen-bond acceptors (Lipinski definition) is 6. The molecule has 9 heteroatoms. The van der Waals surface area contributed by atoms with Crippen molar-refractivity contribution in [2.24, 2.45) is 7.05 Å². The third-order valence-corrected chi connectivity index (χ3v) is 10.6. The number of piperidine rings is 2. The zero-order chi connectivity index (χ0) is 27.3. The number of halogens is 1. The Morgan fingerprint density at radius 1 is 1.00 bits per heavy atom. The van der Waals surface area contributed by atoms with Crippen LogP contribution >= 0.6 is 0 Å². The van der Waals surface area contributed by atoms with Crippen molar-refractivity contribution in [1.82, 2.24) is 19.4 Å². The van der Waals surface area contributed by atoms with E-state index in [-0.39, 0.29) is 10.7 Å². The van der Waals surface area contributed by atoms with Crippen LogP contribution in [0.3, 0.4) is 0 Å². The first-order chi connectivity index (χ1) is 18.7. The van der Waals surface area contributed by atoms with Crippen LogP contribution in [-0.4, -0.2) is 85.5 Å². The third kappa shape index (κ3) is 5.14. The van der Waals surface area contributed by atoms with E-state index < -0.39 is 9.84 Å². The summed E-state index contributed by atoms with van der Waals surface area (Å²) in [5, 5.41) is 0. The molecule has 6 rings (SSSR count). The zero-order valence-corrected chi connectivity index (χ0v) is 24.0. The smallest absolute Gasteiger partial charge is 0.175 e. The van der Waals surface area contributed by atoms with Gasteiger partial charge in [0, 0.05) is 50.6 Å². The van der Waals surface area contributed by atoms with Crippen LogP contribution in [0.4, 0.5) is 4.39 Å². The minimum atomic E-state index is -3.28. The Hall–Kier alpha value is -2.33. The highest BCUT2D eigenvalue weighted by molar-refractivity contribution is 7.90. The maximum absolute atomic E-state index is 15.3. The first-order valence-electron chi connectivity index (χ1n) is 14.2. The number of hydrogen-bond donors (Lipinski definition) is 0. The van der Waals surface area contributed by atoms with Gasteiger partial charge in [0.25, 0.3) is 0 Å². The molecule has 2 aromatic carbocycles. The van der Waals surface area contributed by atoms with Crippen molar-refractivity contribution in [2.75, 3.05) is 39.6 Å². The summed E-state index contributed by atoms with van der Waals surface area (Å²) in [6, 6.07) is 12.5. The van der Waals surface area contributed by atoms with Crippen molar-refractivity contribution in [1.29, 1.82) is 0 Å². The summed E-state index contributed by atoms with van der Waals surface area (Å²) < 4.78 is 46.3. The summed E-state index contributed by atoms with van der Waals surface area (Å²) >= 11 is 0. The van der Waals surface area contributed by atoms with Crippen LogP contribution in [0.2, 0.25) is 0 Å². The first kappa shape index (κ1) is 26.9. The van der Waals surface area contributed by atoms with Gasteiger partial charge in [0.05, 0.1) is 17.0 Å². The van der Waals surface area contributed by atoms with E-state index in [0.717, 1.165) is 55.7 Å². The first-order valence-corrected chi connectivity index (χ1v) is 16.1. The van der Waals surface area contributed by atoms with Crippen molar-refractivity contribution in [3.63, 3.8) is 0 Å². The molecule has 2 atom stereocenters. The summed E-state index contributed by atoms with van der Waals surface area (Å²) in [5.41, 5.74) is 2.94. The molecule has 3 aliphatic rings. The molecule has 3 fully saturated rings. The second kappa shape index (κ2) is 10.6. The summed E-state index contributed by atoms with van der Waals surface area (Å²) in [7, 11) is 0.407. The third-order valence-electron chi connectivity index (χ3n) is 9.43. The van der Waals surface area contributed by atoms with Gasteiger partial charge in [-0.3, -0.25) is 4.90 Å². The van der Waals surface area contributed by atoms with Crippen molar-refractivity contribution in [2.45, 2.75) is 67.5 Å². The normalized spacial score (nSPS) is 25.1. The van der Waals surface area contributed by atoms with E-state index >= 15 is 4.39 Å². The van der Waals surface area contributed by atoms with Gasteiger partial charge in [-0.25, -0.2) is 17.8 Å². The van der Waals surface area contributed by atoms with Gasteiger partial charge in [-0.1, -0.05) is 0 Å². The lowest BCUT2D eigenvalue weighted by Gasteiger charge is -2.45. The Labute approximate surface area is 230 Å². The standard InChI is InChI=1S/C30H39FN4O3S/c1-33-28-17-22(16-27(31)29(28)32-30(33)21-4-8-26(9-5-21)39(3,36)37)20-10-12-34(13-11-20)25-18-23-6-7-24(19-25)35(23)14-15-38-2/h4-5,8-9,16-17,20,23-25H,6-7,10-15,18-19H2,1-3H3. The Morgan fingerprint density at radius 2 is 1.67 bits per heavy atom. The molecule has 0 saturated carbocycles. The quantitative estimate of drug-likeness (QED) is 0.425. The van der Waals surface area contributed by atoms with E-state index in [4.69, 9.17) is 4.74 Å². The topological polar surface area (TPSA) is 67.7 Å². The molecule has 0 radical (unpaired) electrons. The number of nitrogens with zero attached hydrogens (tertiary/aromatic N) is 4. The monoisotopic (exact) mass is 554 g/mol. The lowest BCUT2D eigenvalue weighted by atomic mass is 9.87. The lowest BCUT2D eigenvalue weighted by Crippen LogP contribution is -2.52. The fourth-order valence-corrected chi connectivity index (χ4v) is 7.95. The van der Waals surface area contributed by atoms with E-state index in [9.17, 15) is 8.42 Å². The van der Waals surface area contributed by atoms with Gasteiger partial charge < -0.3 is 14.2 Å². The van der Waals surface area contributed by atoms with E-state index in [1.54, 1.807) is 37.4 Å². The van der Waals surface area contributed by atoms with Crippen molar-refractivity contribution < 1.29 is 17.5 Å². The van der Waals surface area contributed by atoms with Gasteiger partial charge in [0.2, 0.25) is 0 Å². The number of imidazole rings is 1. The van der Waals surface area contributed by atoms with Crippen LogP contribution in [-0.2, 0) is 21.6 Å². The van der Waals surface area contributed by atoms with Crippen LogP contribution in [0.5, 0.6) is 0 Å². The molecule has 1 aromatic heterocycles. The molecule has 210 valence electrons. The van der Waals surface area contributed by atoms with Crippen molar-refractivity contribution in [3.8, 4) is 11.4 Å². The number of aromatic nitrogens is 2. The van der Waals surface area contributed by atoms with Crippen LogP contribution in [0.25, 0.3) is 22.4 Å². The van der Waals surface area contributed by atoms with Crippen LogP contribution in [0.15, 0.2) is 41.3 Å². The summed E-state index contributed by atoms with van der Waals surface area (Å²) in [5.74, 6) is 0.674.